The lowest BCUT2D eigenvalue weighted by atomic mass is 10.1. The molecule has 31 heavy (non-hydrogen) atoms. The lowest BCUT2D eigenvalue weighted by Crippen LogP contribution is -2.24. The van der Waals surface area contributed by atoms with Crippen molar-refractivity contribution >= 4 is 16.6 Å². The van der Waals surface area contributed by atoms with Gasteiger partial charge in [-0.3, -0.25) is 4.79 Å². The molecule has 0 aliphatic carbocycles. The Morgan fingerprint density at radius 1 is 1.10 bits per heavy atom. The number of halogens is 1. The van der Waals surface area contributed by atoms with Gasteiger partial charge < -0.3 is 5.32 Å². The van der Waals surface area contributed by atoms with Gasteiger partial charge in [0.25, 0.3) is 5.56 Å². The third-order valence-electron chi connectivity index (χ3n) is 5.14. The zero-order valence-electron chi connectivity index (χ0n) is 17.5. The Labute approximate surface area is 179 Å². The van der Waals surface area contributed by atoms with Crippen molar-refractivity contribution in [2.75, 3.05) is 5.32 Å². The summed E-state index contributed by atoms with van der Waals surface area (Å²) in [5, 5.41) is 9.14. The van der Waals surface area contributed by atoms with E-state index >= 15 is 0 Å². The maximum Gasteiger partial charge on any atom is 0.274 e. The molecule has 6 nitrogen and oxygen atoms in total. The Kier molecular flexibility index (Phi) is 6.02. The summed E-state index contributed by atoms with van der Waals surface area (Å²) in [5.74, 6) is 1.11. The summed E-state index contributed by atoms with van der Waals surface area (Å²) in [6.45, 7) is 4.18. The molecule has 1 N–H and O–H groups in total. The first kappa shape index (κ1) is 20.7. The van der Waals surface area contributed by atoms with Crippen LogP contribution in [0.5, 0.6) is 0 Å². The number of nitrogens with zero attached hydrogens (tertiary/aromatic N) is 4. The minimum absolute atomic E-state index is 0.142. The van der Waals surface area contributed by atoms with E-state index in [9.17, 15) is 9.18 Å². The molecule has 1 unspecified atom stereocenters. The minimum Gasteiger partial charge on any atom is -0.367 e. The van der Waals surface area contributed by atoms with Crippen molar-refractivity contribution in [3.63, 3.8) is 0 Å². The van der Waals surface area contributed by atoms with Crippen molar-refractivity contribution in [1.29, 1.82) is 0 Å². The number of fused-ring (bicyclic) bond motifs is 1. The lowest BCUT2D eigenvalue weighted by molar-refractivity contribution is 0.625. The van der Waals surface area contributed by atoms with Crippen molar-refractivity contribution in [1.82, 2.24) is 19.7 Å². The van der Waals surface area contributed by atoms with Crippen molar-refractivity contribution in [2.24, 2.45) is 0 Å². The third kappa shape index (κ3) is 5.12. The van der Waals surface area contributed by atoms with Crippen LogP contribution in [0.25, 0.3) is 10.8 Å². The van der Waals surface area contributed by atoms with Gasteiger partial charge in [-0.05, 0) is 50.5 Å². The summed E-state index contributed by atoms with van der Waals surface area (Å²) in [6, 6.07) is 16.0. The highest BCUT2D eigenvalue weighted by atomic mass is 19.1. The molecule has 0 amide bonds. The number of nitrogens with one attached hydrogen (secondary N) is 1. The van der Waals surface area contributed by atoms with E-state index in [2.05, 4.69) is 27.3 Å². The summed E-state index contributed by atoms with van der Waals surface area (Å²) in [6.07, 6.45) is 3.40. The van der Waals surface area contributed by atoms with E-state index in [0.717, 1.165) is 23.8 Å². The van der Waals surface area contributed by atoms with Gasteiger partial charge in [0.05, 0.1) is 23.8 Å². The van der Waals surface area contributed by atoms with E-state index in [1.54, 1.807) is 12.3 Å². The quantitative estimate of drug-likeness (QED) is 0.490. The first-order valence-corrected chi connectivity index (χ1v) is 10.3. The molecule has 0 spiro atoms. The van der Waals surface area contributed by atoms with Gasteiger partial charge in [0, 0.05) is 17.5 Å². The standard InChI is InChI=1S/C24H24FN5O/c1-16(7-8-18-9-11-20(25)12-10-18)27-23-13-21(28-17(2)29-23)15-30-24(31)22-6-4-3-5-19(22)14-26-30/h3-6,9-14,16H,7-8,15H2,1-2H3,(H,27,28,29). The molecule has 0 fully saturated rings. The number of benzene rings is 2. The van der Waals surface area contributed by atoms with Gasteiger partial charge in [-0.2, -0.15) is 5.10 Å². The lowest BCUT2D eigenvalue weighted by Gasteiger charge is -2.16. The summed E-state index contributed by atoms with van der Waals surface area (Å²) < 4.78 is 14.5. The Balaban J connectivity index is 1.46. The van der Waals surface area contributed by atoms with E-state index in [1.807, 2.05) is 43.3 Å². The van der Waals surface area contributed by atoms with E-state index in [0.29, 0.717) is 22.7 Å². The molecule has 0 radical (unpaired) electrons. The first-order chi connectivity index (χ1) is 15.0. The molecule has 158 valence electrons. The largest absolute Gasteiger partial charge is 0.367 e. The summed E-state index contributed by atoms with van der Waals surface area (Å²) >= 11 is 0. The third-order valence-corrected chi connectivity index (χ3v) is 5.14. The fraction of sp³-hybridized carbons (Fsp3) is 0.250. The van der Waals surface area contributed by atoms with Crippen molar-refractivity contribution < 1.29 is 4.39 Å². The van der Waals surface area contributed by atoms with E-state index in [-0.39, 0.29) is 24.0 Å². The van der Waals surface area contributed by atoms with E-state index in [1.165, 1.54) is 16.8 Å². The molecular weight excluding hydrogens is 393 g/mol. The fourth-order valence-electron chi connectivity index (χ4n) is 3.54. The Bertz CT molecular complexity index is 1250. The summed E-state index contributed by atoms with van der Waals surface area (Å²) in [5.41, 5.74) is 1.67. The molecule has 0 saturated carbocycles. The Morgan fingerprint density at radius 3 is 2.68 bits per heavy atom. The number of rotatable bonds is 7. The summed E-state index contributed by atoms with van der Waals surface area (Å²) in [7, 11) is 0. The van der Waals surface area contributed by atoms with Crippen LogP contribution < -0.4 is 10.9 Å². The van der Waals surface area contributed by atoms with Gasteiger partial charge in [0.15, 0.2) is 0 Å². The molecule has 0 bridgehead atoms. The van der Waals surface area contributed by atoms with Gasteiger partial charge in [0.1, 0.15) is 17.5 Å². The predicted octanol–water partition coefficient (Wildman–Crippen LogP) is 4.12. The van der Waals surface area contributed by atoms with Gasteiger partial charge in [0.2, 0.25) is 0 Å². The highest BCUT2D eigenvalue weighted by molar-refractivity contribution is 5.80. The van der Waals surface area contributed by atoms with Crippen LogP contribution in [0.2, 0.25) is 0 Å². The average Bonchev–Trinajstić information content (AvgIpc) is 2.75. The molecule has 2 heterocycles. The van der Waals surface area contributed by atoms with Gasteiger partial charge in [-0.1, -0.05) is 30.3 Å². The fourth-order valence-corrected chi connectivity index (χ4v) is 3.54. The Hall–Kier alpha value is -3.61. The molecule has 0 aliphatic rings. The highest BCUT2D eigenvalue weighted by Crippen LogP contribution is 2.13. The van der Waals surface area contributed by atoms with E-state index < -0.39 is 0 Å². The summed E-state index contributed by atoms with van der Waals surface area (Å²) in [4.78, 5) is 21.7. The van der Waals surface area contributed by atoms with Crippen LogP contribution in [0.15, 0.2) is 65.6 Å². The van der Waals surface area contributed by atoms with Crippen LogP contribution in [0.3, 0.4) is 0 Å². The Morgan fingerprint density at radius 2 is 1.87 bits per heavy atom. The zero-order valence-corrected chi connectivity index (χ0v) is 17.5. The number of aryl methyl sites for hydroxylation is 2. The molecule has 2 aromatic carbocycles. The molecule has 0 aliphatic heterocycles. The average molecular weight is 417 g/mol. The predicted molar refractivity (Wildman–Crippen MR) is 120 cm³/mol. The second-order valence-electron chi connectivity index (χ2n) is 7.70. The second-order valence-corrected chi connectivity index (χ2v) is 7.70. The topological polar surface area (TPSA) is 72.7 Å². The maximum absolute atomic E-state index is 13.1. The van der Waals surface area contributed by atoms with Crippen molar-refractivity contribution in [2.45, 2.75) is 39.3 Å². The maximum atomic E-state index is 13.1. The number of aromatic nitrogens is 4. The second kappa shape index (κ2) is 9.04. The van der Waals surface area contributed by atoms with Crippen LogP contribution in [-0.4, -0.2) is 25.8 Å². The monoisotopic (exact) mass is 417 g/mol. The number of hydrogen-bond acceptors (Lipinski definition) is 5. The molecule has 2 aromatic heterocycles. The van der Waals surface area contributed by atoms with Crippen molar-refractivity contribution in [3.05, 3.63) is 94.0 Å². The highest BCUT2D eigenvalue weighted by Gasteiger charge is 2.10. The molecule has 0 saturated heterocycles. The van der Waals surface area contributed by atoms with Crippen LogP contribution in [-0.2, 0) is 13.0 Å². The van der Waals surface area contributed by atoms with Crippen LogP contribution in [0.1, 0.15) is 30.4 Å². The van der Waals surface area contributed by atoms with Gasteiger partial charge in [-0.25, -0.2) is 19.0 Å². The van der Waals surface area contributed by atoms with Gasteiger partial charge >= 0.3 is 0 Å². The first-order valence-electron chi connectivity index (χ1n) is 10.3. The minimum atomic E-state index is -0.223. The zero-order chi connectivity index (χ0) is 21.8. The van der Waals surface area contributed by atoms with Crippen LogP contribution >= 0.6 is 0 Å². The van der Waals surface area contributed by atoms with Crippen LogP contribution in [0.4, 0.5) is 10.2 Å². The number of anilines is 1. The molecule has 4 rings (SSSR count). The SMILES string of the molecule is Cc1nc(Cn2ncc3ccccc3c2=O)cc(NC(C)CCc2ccc(F)cc2)n1. The van der Waals surface area contributed by atoms with Gasteiger partial charge in [-0.15, -0.1) is 0 Å². The number of hydrogen-bond donors (Lipinski definition) is 1. The molecule has 4 aromatic rings. The molecule has 7 heteroatoms. The normalized spacial score (nSPS) is 12.1. The molecular formula is C24H24FN5O. The van der Waals surface area contributed by atoms with Crippen molar-refractivity contribution in [3.8, 4) is 0 Å². The van der Waals surface area contributed by atoms with Crippen LogP contribution in [0, 0.1) is 12.7 Å². The smallest absolute Gasteiger partial charge is 0.274 e. The molecule has 1 atom stereocenters. The van der Waals surface area contributed by atoms with E-state index in [4.69, 9.17) is 0 Å².